The number of aliphatic hydroxyl groups excluding tert-OH is 1. The first-order chi connectivity index (χ1) is 7.65. The van der Waals surface area contributed by atoms with Crippen molar-refractivity contribution in [2.45, 2.75) is 29.3 Å². The van der Waals surface area contributed by atoms with E-state index in [-0.39, 0.29) is 0 Å². The molecule has 0 amide bonds. The minimum absolute atomic E-state index is 0.458. The van der Waals surface area contributed by atoms with E-state index in [9.17, 15) is 5.11 Å². The van der Waals surface area contributed by atoms with Gasteiger partial charge in [0.15, 0.2) is 4.34 Å². The molecule has 0 fully saturated rings. The number of pyridine rings is 1. The van der Waals surface area contributed by atoms with Gasteiger partial charge in [-0.05, 0) is 43.3 Å². The summed E-state index contributed by atoms with van der Waals surface area (Å²) in [6, 6.07) is 3.72. The standard InChI is InChI=1S/C11H12N2OS2/c1-7-6-15-11(13-7)16-10-5-9(8(2)14)3-4-12-10/h3-6,8,14H,1-2H3/t8-/m1/s1. The molecule has 0 radical (unpaired) electrons. The monoisotopic (exact) mass is 252 g/mol. The van der Waals surface area contributed by atoms with Crippen molar-refractivity contribution in [3.63, 3.8) is 0 Å². The van der Waals surface area contributed by atoms with Crippen LogP contribution in [0, 0.1) is 6.92 Å². The largest absolute Gasteiger partial charge is 0.389 e. The van der Waals surface area contributed by atoms with Crippen LogP contribution in [0.4, 0.5) is 0 Å². The highest BCUT2D eigenvalue weighted by Gasteiger charge is 2.06. The molecule has 0 aliphatic heterocycles. The smallest absolute Gasteiger partial charge is 0.156 e. The van der Waals surface area contributed by atoms with Crippen molar-refractivity contribution in [2.24, 2.45) is 0 Å². The van der Waals surface area contributed by atoms with Gasteiger partial charge < -0.3 is 5.11 Å². The third-order valence-electron chi connectivity index (χ3n) is 2.03. The fourth-order valence-corrected chi connectivity index (χ4v) is 3.00. The first kappa shape index (κ1) is 11.6. The second-order valence-corrected chi connectivity index (χ2v) is 5.59. The molecule has 0 aliphatic rings. The number of nitrogens with zero attached hydrogens (tertiary/aromatic N) is 2. The van der Waals surface area contributed by atoms with Crippen molar-refractivity contribution < 1.29 is 5.11 Å². The summed E-state index contributed by atoms with van der Waals surface area (Å²) in [6.45, 7) is 3.72. The molecule has 1 atom stereocenters. The van der Waals surface area contributed by atoms with Crippen LogP contribution < -0.4 is 0 Å². The fourth-order valence-electron chi connectivity index (χ4n) is 1.21. The molecule has 1 N–H and O–H groups in total. The van der Waals surface area contributed by atoms with E-state index in [1.54, 1.807) is 24.5 Å². The number of hydrogen-bond acceptors (Lipinski definition) is 5. The maximum absolute atomic E-state index is 9.47. The second kappa shape index (κ2) is 4.95. The van der Waals surface area contributed by atoms with Crippen LogP contribution in [0.15, 0.2) is 33.1 Å². The Balaban J connectivity index is 2.18. The zero-order valence-corrected chi connectivity index (χ0v) is 10.7. The molecular formula is C11H12N2OS2. The summed E-state index contributed by atoms with van der Waals surface area (Å²) in [5.41, 5.74) is 1.91. The molecule has 3 nitrogen and oxygen atoms in total. The van der Waals surface area contributed by atoms with Crippen LogP contribution >= 0.6 is 23.1 Å². The van der Waals surface area contributed by atoms with Crippen LogP contribution in [-0.4, -0.2) is 15.1 Å². The molecule has 0 aromatic carbocycles. The predicted octanol–water partition coefficient (Wildman–Crippen LogP) is 3.05. The summed E-state index contributed by atoms with van der Waals surface area (Å²) in [7, 11) is 0. The Kier molecular flexibility index (Phi) is 3.58. The SMILES string of the molecule is Cc1csc(Sc2cc([C@@H](C)O)ccn2)n1. The van der Waals surface area contributed by atoms with Gasteiger partial charge in [0.05, 0.1) is 6.10 Å². The Morgan fingerprint density at radius 2 is 2.31 bits per heavy atom. The first-order valence-electron chi connectivity index (χ1n) is 4.89. The Labute approximate surface area is 103 Å². The molecule has 0 aliphatic carbocycles. The number of aryl methyl sites for hydroxylation is 1. The molecule has 2 aromatic heterocycles. The molecule has 84 valence electrons. The van der Waals surface area contributed by atoms with E-state index in [0.29, 0.717) is 0 Å². The molecule has 0 spiro atoms. The van der Waals surface area contributed by atoms with E-state index >= 15 is 0 Å². The van der Waals surface area contributed by atoms with Crippen LogP contribution in [0.2, 0.25) is 0 Å². The maximum Gasteiger partial charge on any atom is 0.156 e. The number of hydrogen-bond donors (Lipinski definition) is 1. The number of thiazole rings is 1. The van der Waals surface area contributed by atoms with E-state index in [1.807, 2.05) is 24.4 Å². The Hall–Kier alpha value is -0.910. The molecular weight excluding hydrogens is 240 g/mol. The van der Waals surface area contributed by atoms with Crippen molar-refractivity contribution in [1.29, 1.82) is 0 Å². The lowest BCUT2D eigenvalue weighted by atomic mass is 10.2. The molecule has 0 saturated heterocycles. The van der Waals surface area contributed by atoms with E-state index in [0.717, 1.165) is 20.6 Å². The van der Waals surface area contributed by atoms with Gasteiger partial charge in [0.1, 0.15) is 5.03 Å². The van der Waals surface area contributed by atoms with Gasteiger partial charge >= 0.3 is 0 Å². The van der Waals surface area contributed by atoms with Crippen molar-refractivity contribution in [2.75, 3.05) is 0 Å². The third-order valence-corrected chi connectivity index (χ3v) is 4.02. The minimum Gasteiger partial charge on any atom is -0.389 e. The Bertz CT molecular complexity index is 482. The quantitative estimate of drug-likeness (QED) is 0.912. The Morgan fingerprint density at radius 3 is 2.94 bits per heavy atom. The highest BCUT2D eigenvalue weighted by molar-refractivity contribution is 8.01. The summed E-state index contributed by atoms with van der Waals surface area (Å²) in [4.78, 5) is 8.60. The van der Waals surface area contributed by atoms with Gasteiger partial charge in [-0.3, -0.25) is 0 Å². The number of aromatic nitrogens is 2. The zero-order chi connectivity index (χ0) is 11.5. The van der Waals surface area contributed by atoms with Crippen LogP contribution in [0.5, 0.6) is 0 Å². The van der Waals surface area contributed by atoms with Gasteiger partial charge in [0.25, 0.3) is 0 Å². The minimum atomic E-state index is -0.458. The van der Waals surface area contributed by atoms with Gasteiger partial charge in [0.2, 0.25) is 0 Å². The molecule has 2 rings (SSSR count). The van der Waals surface area contributed by atoms with Crippen molar-refractivity contribution in [3.05, 3.63) is 35.0 Å². The summed E-state index contributed by atoms with van der Waals surface area (Å²) >= 11 is 3.13. The van der Waals surface area contributed by atoms with Gasteiger partial charge in [-0.15, -0.1) is 11.3 Å². The number of rotatable bonds is 3. The molecule has 0 unspecified atom stereocenters. The fraction of sp³-hybridized carbons (Fsp3) is 0.273. The summed E-state index contributed by atoms with van der Waals surface area (Å²) in [5, 5.41) is 12.4. The van der Waals surface area contributed by atoms with Crippen LogP contribution in [0.1, 0.15) is 24.3 Å². The number of aliphatic hydroxyl groups is 1. The van der Waals surface area contributed by atoms with Crippen LogP contribution in [0.3, 0.4) is 0 Å². The third kappa shape index (κ3) is 2.81. The maximum atomic E-state index is 9.47. The van der Waals surface area contributed by atoms with E-state index in [4.69, 9.17) is 0 Å². The van der Waals surface area contributed by atoms with Gasteiger partial charge in [0, 0.05) is 17.3 Å². The van der Waals surface area contributed by atoms with Gasteiger partial charge in [-0.1, -0.05) is 0 Å². The topological polar surface area (TPSA) is 46.0 Å². The lowest BCUT2D eigenvalue weighted by Crippen LogP contribution is -1.92. The molecule has 2 aromatic rings. The van der Waals surface area contributed by atoms with Gasteiger partial charge in [-0.2, -0.15) is 0 Å². The highest BCUT2D eigenvalue weighted by atomic mass is 32.2. The van der Waals surface area contributed by atoms with Crippen molar-refractivity contribution in [3.8, 4) is 0 Å². The average molecular weight is 252 g/mol. The summed E-state index contributed by atoms with van der Waals surface area (Å²) < 4.78 is 0.979. The lowest BCUT2D eigenvalue weighted by Gasteiger charge is -2.05. The first-order valence-corrected chi connectivity index (χ1v) is 6.59. The molecule has 2 heterocycles. The van der Waals surface area contributed by atoms with E-state index < -0.39 is 6.10 Å². The molecule has 0 saturated carbocycles. The van der Waals surface area contributed by atoms with Crippen LogP contribution in [-0.2, 0) is 0 Å². The normalized spacial score (nSPS) is 12.7. The van der Waals surface area contributed by atoms with Crippen molar-refractivity contribution in [1.82, 2.24) is 9.97 Å². The van der Waals surface area contributed by atoms with Crippen molar-refractivity contribution >= 4 is 23.1 Å². The molecule has 5 heteroatoms. The Morgan fingerprint density at radius 1 is 1.50 bits per heavy atom. The van der Waals surface area contributed by atoms with Gasteiger partial charge in [-0.25, -0.2) is 9.97 Å². The lowest BCUT2D eigenvalue weighted by molar-refractivity contribution is 0.199. The summed E-state index contributed by atoms with van der Waals surface area (Å²) in [6.07, 6.45) is 1.26. The predicted molar refractivity (Wildman–Crippen MR) is 65.8 cm³/mol. The summed E-state index contributed by atoms with van der Waals surface area (Å²) in [5.74, 6) is 0. The van der Waals surface area contributed by atoms with Crippen LogP contribution in [0.25, 0.3) is 0 Å². The van der Waals surface area contributed by atoms with E-state index in [1.165, 1.54) is 11.8 Å². The zero-order valence-electron chi connectivity index (χ0n) is 9.04. The van der Waals surface area contributed by atoms with E-state index in [2.05, 4.69) is 9.97 Å². The highest BCUT2D eigenvalue weighted by Crippen LogP contribution is 2.29. The average Bonchev–Trinajstić information content (AvgIpc) is 2.64. The second-order valence-electron chi connectivity index (χ2n) is 3.46. The molecule has 16 heavy (non-hydrogen) atoms. The molecule has 0 bridgehead atoms.